The molecule has 19 heavy (non-hydrogen) atoms. The van der Waals surface area contributed by atoms with Gasteiger partial charge in [-0.1, -0.05) is 23.2 Å². The minimum absolute atomic E-state index is 0.227. The van der Waals surface area contributed by atoms with Crippen molar-refractivity contribution in [3.05, 3.63) is 28.3 Å². The van der Waals surface area contributed by atoms with Gasteiger partial charge < -0.3 is 9.47 Å². The Bertz CT molecular complexity index is 573. The number of amides is 2. The summed E-state index contributed by atoms with van der Waals surface area (Å²) in [5.41, 5.74) is 0.227. The van der Waals surface area contributed by atoms with Gasteiger partial charge in [0.1, 0.15) is 21.6 Å². The van der Waals surface area contributed by atoms with Crippen molar-refractivity contribution in [2.24, 2.45) is 0 Å². The fourth-order valence-electron chi connectivity index (χ4n) is 1.67. The molecule has 0 radical (unpaired) electrons. The van der Waals surface area contributed by atoms with E-state index in [2.05, 4.69) is 0 Å². The van der Waals surface area contributed by atoms with Gasteiger partial charge in [-0.25, -0.2) is 4.90 Å². The predicted molar refractivity (Wildman–Crippen MR) is 70.8 cm³/mol. The monoisotopic (exact) mass is 301 g/mol. The Kier molecular flexibility index (Phi) is 3.68. The number of rotatable bonds is 3. The Labute approximate surface area is 119 Å². The molecular weight excluding hydrogens is 293 g/mol. The number of anilines is 1. The average Bonchev–Trinajstić information content (AvgIpc) is 2.62. The van der Waals surface area contributed by atoms with Crippen molar-refractivity contribution < 1.29 is 19.1 Å². The zero-order valence-electron chi connectivity index (χ0n) is 10.1. The van der Waals surface area contributed by atoms with Crippen LogP contribution in [0.25, 0.3) is 0 Å². The number of imide groups is 1. The van der Waals surface area contributed by atoms with Crippen LogP contribution in [0.2, 0.25) is 0 Å². The zero-order chi connectivity index (χ0) is 14.2. The molecule has 1 aromatic rings. The van der Waals surface area contributed by atoms with Gasteiger partial charge in [0.2, 0.25) is 0 Å². The third-order valence-corrected chi connectivity index (χ3v) is 3.40. The van der Waals surface area contributed by atoms with Gasteiger partial charge in [-0.2, -0.15) is 0 Å². The molecule has 0 unspecified atom stereocenters. The van der Waals surface area contributed by atoms with Crippen molar-refractivity contribution in [3.8, 4) is 11.5 Å². The molecule has 0 saturated heterocycles. The summed E-state index contributed by atoms with van der Waals surface area (Å²) in [6, 6.07) is 4.72. The predicted octanol–water partition coefficient (Wildman–Crippen LogP) is 2.27. The maximum atomic E-state index is 11.9. The molecule has 0 bridgehead atoms. The second-order valence-corrected chi connectivity index (χ2v) is 4.37. The van der Waals surface area contributed by atoms with Crippen molar-refractivity contribution in [3.63, 3.8) is 0 Å². The van der Waals surface area contributed by atoms with Crippen molar-refractivity contribution in [2.75, 3.05) is 19.1 Å². The van der Waals surface area contributed by atoms with Crippen LogP contribution in [0.5, 0.6) is 11.5 Å². The molecule has 0 saturated carbocycles. The summed E-state index contributed by atoms with van der Waals surface area (Å²) in [6.45, 7) is 0. The number of halogens is 2. The molecule has 0 aliphatic carbocycles. The molecular formula is C12H9Cl2NO4. The number of hydrogen-bond donors (Lipinski definition) is 0. The largest absolute Gasteiger partial charge is 0.497 e. The molecule has 100 valence electrons. The highest BCUT2D eigenvalue weighted by atomic mass is 35.5. The quantitative estimate of drug-likeness (QED) is 0.804. The molecule has 0 N–H and O–H groups in total. The average molecular weight is 302 g/mol. The Balaban J connectivity index is 2.54. The highest BCUT2D eigenvalue weighted by molar-refractivity contribution is 6.62. The summed E-state index contributed by atoms with van der Waals surface area (Å²) in [5, 5.41) is -0.618. The van der Waals surface area contributed by atoms with Gasteiger partial charge in [-0.15, -0.1) is 0 Å². The van der Waals surface area contributed by atoms with Gasteiger partial charge in [-0.3, -0.25) is 9.59 Å². The van der Waals surface area contributed by atoms with Gasteiger partial charge in [0.25, 0.3) is 11.8 Å². The normalized spacial score (nSPS) is 15.3. The molecule has 0 atom stereocenters. The zero-order valence-corrected chi connectivity index (χ0v) is 11.6. The highest BCUT2D eigenvalue weighted by Gasteiger charge is 2.39. The first kappa shape index (κ1) is 13.7. The fourth-order valence-corrected chi connectivity index (χ4v) is 2.00. The van der Waals surface area contributed by atoms with E-state index in [0.29, 0.717) is 11.5 Å². The first-order valence-corrected chi connectivity index (χ1v) is 5.93. The summed E-state index contributed by atoms with van der Waals surface area (Å²) in [5.74, 6) is -0.583. The molecule has 1 aromatic carbocycles. The number of methoxy groups -OCH3 is 2. The van der Waals surface area contributed by atoms with Crippen LogP contribution in [0, 0.1) is 0 Å². The maximum absolute atomic E-state index is 11.9. The lowest BCUT2D eigenvalue weighted by atomic mass is 10.2. The van der Waals surface area contributed by atoms with E-state index in [1.165, 1.54) is 20.3 Å². The number of ether oxygens (including phenoxy) is 2. The van der Waals surface area contributed by atoms with Gasteiger partial charge >= 0.3 is 0 Å². The topological polar surface area (TPSA) is 55.8 Å². The first-order valence-electron chi connectivity index (χ1n) is 5.17. The lowest BCUT2D eigenvalue weighted by molar-refractivity contribution is -0.120. The van der Waals surface area contributed by atoms with Gasteiger partial charge in [0.05, 0.1) is 19.9 Å². The molecule has 0 aromatic heterocycles. The number of carbonyl (C=O) groups excluding carboxylic acids is 2. The van der Waals surface area contributed by atoms with Crippen LogP contribution in [0.3, 0.4) is 0 Å². The van der Waals surface area contributed by atoms with E-state index < -0.39 is 11.8 Å². The summed E-state index contributed by atoms with van der Waals surface area (Å²) in [4.78, 5) is 24.7. The molecule has 2 rings (SSSR count). The third kappa shape index (κ3) is 2.15. The van der Waals surface area contributed by atoms with Crippen LogP contribution in [-0.4, -0.2) is 26.0 Å². The molecule has 2 amide bonds. The molecule has 1 aliphatic rings. The molecule has 5 nitrogen and oxygen atoms in total. The second kappa shape index (κ2) is 5.11. The Morgan fingerprint density at radius 3 is 2.05 bits per heavy atom. The molecule has 0 spiro atoms. The Morgan fingerprint density at radius 2 is 1.58 bits per heavy atom. The summed E-state index contributed by atoms with van der Waals surface area (Å²) in [6.07, 6.45) is 0. The van der Waals surface area contributed by atoms with E-state index in [9.17, 15) is 9.59 Å². The summed E-state index contributed by atoms with van der Waals surface area (Å²) in [7, 11) is 2.89. The maximum Gasteiger partial charge on any atom is 0.278 e. The number of benzene rings is 1. The number of hydrogen-bond acceptors (Lipinski definition) is 4. The van der Waals surface area contributed by atoms with E-state index >= 15 is 0 Å². The molecule has 0 fully saturated rings. The van der Waals surface area contributed by atoms with Crippen LogP contribution < -0.4 is 14.4 Å². The van der Waals surface area contributed by atoms with Crippen molar-refractivity contribution in [1.29, 1.82) is 0 Å². The standard InChI is InChI=1S/C12H9Cl2NO4/c1-18-6-3-4-8(19-2)7(5-6)15-11(16)9(13)10(14)12(15)17/h3-5H,1-2H3. The van der Waals surface area contributed by atoms with Crippen LogP contribution in [0.4, 0.5) is 5.69 Å². The molecule has 1 aliphatic heterocycles. The lowest BCUT2D eigenvalue weighted by Crippen LogP contribution is -2.31. The van der Waals surface area contributed by atoms with E-state index in [4.69, 9.17) is 32.7 Å². The SMILES string of the molecule is COc1ccc(OC)c(N2C(=O)C(Cl)=C(Cl)C2=O)c1. The van der Waals surface area contributed by atoms with Crippen molar-refractivity contribution in [1.82, 2.24) is 0 Å². The second-order valence-electron chi connectivity index (χ2n) is 3.61. The summed E-state index contributed by atoms with van der Waals surface area (Å²) >= 11 is 11.4. The number of nitrogens with zero attached hydrogens (tertiary/aromatic N) is 1. The minimum Gasteiger partial charge on any atom is -0.497 e. The first-order chi connectivity index (χ1) is 9.01. The lowest BCUT2D eigenvalue weighted by Gasteiger charge is -2.18. The van der Waals surface area contributed by atoms with E-state index in [1.54, 1.807) is 12.1 Å². The van der Waals surface area contributed by atoms with Crippen LogP contribution in [-0.2, 0) is 9.59 Å². The van der Waals surface area contributed by atoms with Crippen LogP contribution in [0.15, 0.2) is 28.3 Å². The number of carbonyl (C=O) groups is 2. The Morgan fingerprint density at radius 1 is 1.00 bits per heavy atom. The van der Waals surface area contributed by atoms with Gasteiger partial charge in [-0.05, 0) is 12.1 Å². The third-order valence-electron chi connectivity index (χ3n) is 2.60. The van der Waals surface area contributed by atoms with Gasteiger partial charge in [0, 0.05) is 6.07 Å². The van der Waals surface area contributed by atoms with Crippen molar-refractivity contribution >= 4 is 40.7 Å². The van der Waals surface area contributed by atoms with Crippen LogP contribution in [0.1, 0.15) is 0 Å². The van der Waals surface area contributed by atoms with E-state index in [-0.39, 0.29) is 15.8 Å². The summed E-state index contributed by atoms with van der Waals surface area (Å²) < 4.78 is 10.2. The molecule has 1 heterocycles. The fraction of sp³-hybridized carbons (Fsp3) is 0.167. The van der Waals surface area contributed by atoms with Gasteiger partial charge in [0.15, 0.2) is 0 Å². The smallest absolute Gasteiger partial charge is 0.278 e. The Hall–Kier alpha value is -1.72. The molecule has 7 heteroatoms. The minimum atomic E-state index is -0.691. The van der Waals surface area contributed by atoms with E-state index in [0.717, 1.165) is 4.90 Å². The van der Waals surface area contributed by atoms with Crippen molar-refractivity contribution in [2.45, 2.75) is 0 Å². The van der Waals surface area contributed by atoms with E-state index in [1.807, 2.05) is 0 Å². The highest BCUT2D eigenvalue weighted by Crippen LogP contribution is 2.38. The van der Waals surface area contributed by atoms with Crippen LogP contribution >= 0.6 is 23.2 Å².